The number of hydrogen-bond donors (Lipinski definition) is 2. The Balaban J connectivity index is 2.42. The molecule has 1 amide bonds. The van der Waals surface area contributed by atoms with Crippen LogP contribution in [-0.2, 0) is 9.53 Å². The number of carbonyl (C=O) groups is 1. The first-order chi connectivity index (χ1) is 14.4. The molecule has 8 heteroatoms. The zero-order chi connectivity index (χ0) is 22.2. The zero-order valence-corrected chi connectivity index (χ0v) is 19.4. The number of carbonyl (C=O) groups excluding carboxylic acids is 1. The van der Waals surface area contributed by atoms with Gasteiger partial charge in [0, 0.05) is 73.3 Å². The van der Waals surface area contributed by atoms with Crippen LogP contribution in [-0.4, -0.2) is 103 Å². The van der Waals surface area contributed by atoms with Crippen molar-refractivity contribution in [2.75, 3.05) is 86.1 Å². The molecule has 0 aliphatic carbocycles. The molecule has 0 atom stereocenters. The van der Waals surface area contributed by atoms with Gasteiger partial charge in [0.1, 0.15) is 6.54 Å². The standard InChI is InChI=1S/C22H40N6O2/c1-26(2)21(29)19-25-22(24-14-17-27(3)15-10-18-30-5)23-13-9-16-28(4)20-11-7-6-8-12-20/h6-8,11-12H,9-10,13-19H2,1-5H3,(H2,23,24,25). The first kappa shape index (κ1) is 25.7. The van der Waals surface area contributed by atoms with Gasteiger partial charge in [0.2, 0.25) is 5.91 Å². The number of nitrogens with zero attached hydrogens (tertiary/aromatic N) is 4. The highest BCUT2D eigenvalue weighted by molar-refractivity contribution is 5.84. The lowest BCUT2D eigenvalue weighted by Crippen LogP contribution is -2.42. The fourth-order valence-corrected chi connectivity index (χ4v) is 2.75. The van der Waals surface area contributed by atoms with Gasteiger partial charge in [0.25, 0.3) is 0 Å². The summed E-state index contributed by atoms with van der Waals surface area (Å²) >= 11 is 0. The predicted molar refractivity (Wildman–Crippen MR) is 125 cm³/mol. The second-order valence-corrected chi connectivity index (χ2v) is 7.57. The summed E-state index contributed by atoms with van der Waals surface area (Å²) < 4.78 is 5.10. The highest BCUT2D eigenvalue weighted by atomic mass is 16.5. The van der Waals surface area contributed by atoms with Gasteiger partial charge in [0.15, 0.2) is 5.96 Å². The van der Waals surface area contributed by atoms with Crippen LogP contribution in [0, 0.1) is 0 Å². The van der Waals surface area contributed by atoms with Crippen LogP contribution >= 0.6 is 0 Å². The summed E-state index contributed by atoms with van der Waals surface area (Å²) in [6, 6.07) is 10.3. The normalized spacial score (nSPS) is 11.5. The number of hydrogen-bond acceptors (Lipinski definition) is 5. The van der Waals surface area contributed by atoms with Crippen LogP contribution in [0.15, 0.2) is 35.3 Å². The van der Waals surface area contributed by atoms with E-state index in [-0.39, 0.29) is 12.5 Å². The van der Waals surface area contributed by atoms with E-state index in [0.29, 0.717) is 5.96 Å². The van der Waals surface area contributed by atoms with Crippen LogP contribution in [0.2, 0.25) is 0 Å². The molecule has 0 aromatic heterocycles. The van der Waals surface area contributed by atoms with Crippen LogP contribution in [0.5, 0.6) is 0 Å². The number of aliphatic imine (C=N–C) groups is 1. The number of nitrogens with one attached hydrogen (secondary N) is 2. The molecule has 1 aromatic carbocycles. The molecule has 8 nitrogen and oxygen atoms in total. The van der Waals surface area contributed by atoms with E-state index in [1.165, 1.54) is 5.69 Å². The summed E-state index contributed by atoms with van der Waals surface area (Å²) in [5.41, 5.74) is 1.21. The first-order valence-corrected chi connectivity index (χ1v) is 10.6. The van der Waals surface area contributed by atoms with Gasteiger partial charge in [-0.1, -0.05) is 18.2 Å². The Morgan fingerprint density at radius 1 is 0.967 bits per heavy atom. The molecular weight excluding hydrogens is 380 g/mol. The van der Waals surface area contributed by atoms with Crippen molar-refractivity contribution in [3.05, 3.63) is 30.3 Å². The molecule has 2 N–H and O–H groups in total. The van der Waals surface area contributed by atoms with Gasteiger partial charge < -0.3 is 30.1 Å². The van der Waals surface area contributed by atoms with Crippen molar-refractivity contribution in [1.82, 2.24) is 20.4 Å². The van der Waals surface area contributed by atoms with Crippen molar-refractivity contribution in [3.8, 4) is 0 Å². The molecule has 30 heavy (non-hydrogen) atoms. The molecule has 0 saturated heterocycles. The fourth-order valence-electron chi connectivity index (χ4n) is 2.75. The molecule has 170 valence electrons. The molecule has 0 aliphatic rings. The topological polar surface area (TPSA) is 72.4 Å². The highest BCUT2D eigenvalue weighted by Gasteiger charge is 2.06. The number of methoxy groups -OCH3 is 1. The van der Waals surface area contributed by atoms with Crippen LogP contribution in [0.3, 0.4) is 0 Å². The average molecular weight is 421 g/mol. The van der Waals surface area contributed by atoms with Gasteiger partial charge >= 0.3 is 0 Å². The molecule has 1 rings (SSSR count). The maximum absolute atomic E-state index is 11.9. The van der Waals surface area contributed by atoms with E-state index in [9.17, 15) is 4.79 Å². The van der Waals surface area contributed by atoms with E-state index in [0.717, 1.165) is 52.2 Å². The van der Waals surface area contributed by atoms with Crippen molar-refractivity contribution < 1.29 is 9.53 Å². The number of anilines is 1. The number of ether oxygens (including phenoxy) is 1. The van der Waals surface area contributed by atoms with E-state index < -0.39 is 0 Å². The zero-order valence-electron chi connectivity index (χ0n) is 19.4. The lowest BCUT2D eigenvalue weighted by atomic mass is 10.3. The quantitative estimate of drug-likeness (QED) is 0.267. The number of rotatable bonds is 14. The molecule has 0 unspecified atom stereocenters. The van der Waals surface area contributed by atoms with Gasteiger partial charge in [-0.2, -0.15) is 0 Å². The van der Waals surface area contributed by atoms with Crippen LogP contribution in [0.25, 0.3) is 0 Å². The Bertz CT molecular complexity index is 609. The summed E-state index contributed by atoms with van der Waals surface area (Å²) in [5.74, 6) is 0.662. The Morgan fingerprint density at radius 2 is 1.67 bits per heavy atom. The summed E-state index contributed by atoms with van der Waals surface area (Å²) in [4.78, 5) is 22.4. The van der Waals surface area contributed by atoms with Gasteiger partial charge in [0.05, 0.1) is 0 Å². The van der Waals surface area contributed by atoms with Crippen molar-refractivity contribution in [1.29, 1.82) is 0 Å². The Hall–Kier alpha value is -2.32. The minimum absolute atomic E-state index is 0.0170. The number of amides is 1. The van der Waals surface area contributed by atoms with Gasteiger partial charge in [-0.3, -0.25) is 4.79 Å². The van der Waals surface area contributed by atoms with Crippen LogP contribution < -0.4 is 15.5 Å². The maximum Gasteiger partial charge on any atom is 0.243 e. The lowest BCUT2D eigenvalue weighted by molar-refractivity contribution is -0.127. The Kier molecular flexibility index (Phi) is 13.3. The molecule has 0 heterocycles. The summed E-state index contributed by atoms with van der Waals surface area (Å²) in [6.45, 7) is 5.26. The highest BCUT2D eigenvalue weighted by Crippen LogP contribution is 2.10. The second-order valence-electron chi connectivity index (χ2n) is 7.57. The van der Waals surface area contributed by atoms with E-state index in [1.807, 2.05) is 18.2 Å². The van der Waals surface area contributed by atoms with E-state index in [4.69, 9.17) is 4.74 Å². The van der Waals surface area contributed by atoms with Gasteiger partial charge in [-0.25, -0.2) is 4.99 Å². The molecule has 0 bridgehead atoms. The molecular formula is C22H40N6O2. The summed E-state index contributed by atoms with van der Waals surface area (Å²) in [6.07, 6.45) is 1.98. The minimum Gasteiger partial charge on any atom is -0.385 e. The number of para-hydroxylation sites is 1. The molecule has 0 aliphatic heterocycles. The summed E-state index contributed by atoms with van der Waals surface area (Å²) in [7, 11) is 9.40. The van der Waals surface area contributed by atoms with Gasteiger partial charge in [-0.05, 0) is 32.0 Å². The third kappa shape index (κ3) is 11.6. The van der Waals surface area contributed by atoms with Crippen molar-refractivity contribution in [2.45, 2.75) is 12.8 Å². The van der Waals surface area contributed by atoms with Crippen LogP contribution in [0.1, 0.15) is 12.8 Å². The Labute approximate surface area is 182 Å². The monoisotopic (exact) mass is 420 g/mol. The molecule has 0 fully saturated rings. The van der Waals surface area contributed by atoms with E-state index in [2.05, 4.69) is 51.7 Å². The molecule has 1 aromatic rings. The first-order valence-electron chi connectivity index (χ1n) is 10.6. The third-order valence-corrected chi connectivity index (χ3v) is 4.71. The third-order valence-electron chi connectivity index (χ3n) is 4.71. The number of benzene rings is 1. The van der Waals surface area contributed by atoms with Crippen molar-refractivity contribution in [3.63, 3.8) is 0 Å². The smallest absolute Gasteiger partial charge is 0.243 e. The van der Waals surface area contributed by atoms with Gasteiger partial charge in [-0.15, -0.1) is 0 Å². The Morgan fingerprint density at radius 3 is 2.33 bits per heavy atom. The SMILES string of the molecule is COCCCN(C)CCNC(=NCC(=O)N(C)C)NCCCN(C)c1ccccc1. The molecule has 0 saturated carbocycles. The second kappa shape index (κ2) is 15.5. The average Bonchev–Trinajstić information content (AvgIpc) is 2.74. The minimum atomic E-state index is -0.0170. The predicted octanol–water partition coefficient (Wildman–Crippen LogP) is 1.10. The molecule has 0 radical (unpaired) electrons. The van der Waals surface area contributed by atoms with E-state index >= 15 is 0 Å². The summed E-state index contributed by atoms with van der Waals surface area (Å²) in [5, 5.41) is 6.69. The number of likely N-dealkylation sites (N-methyl/N-ethyl adjacent to an activating group) is 2. The lowest BCUT2D eigenvalue weighted by Gasteiger charge is -2.20. The van der Waals surface area contributed by atoms with Crippen molar-refractivity contribution in [2.24, 2.45) is 4.99 Å². The fraction of sp³-hybridized carbons (Fsp3) is 0.636. The van der Waals surface area contributed by atoms with Crippen molar-refractivity contribution >= 4 is 17.6 Å². The maximum atomic E-state index is 11.9. The largest absolute Gasteiger partial charge is 0.385 e. The number of guanidine groups is 1. The van der Waals surface area contributed by atoms with Crippen LogP contribution in [0.4, 0.5) is 5.69 Å². The molecule has 0 spiro atoms. The van der Waals surface area contributed by atoms with E-state index in [1.54, 1.807) is 26.1 Å².